The number of nitrogens with zero attached hydrogens (tertiary/aromatic N) is 1. The maximum absolute atomic E-state index is 11.9. The van der Waals surface area contributed by atoms with E-state index in [1.54, 1.807) is 0 Å². The van der Waals surface area contributed by atoms with Gasteiger partial charge in [-0.1, -0.05) is 0 Å². The third kappa shape index (κ3) is 2.35. The summed E-state index contributed by atoms with van der Waals surface area (Å²) >= 11 is 0. The highest BCUT2D eigenvalue weighted by Crippen LogP contribution is 2.62. The zero-order chi connectivity index (χ0) is 16.9. The zero-order valence-electron chi connectivity index (χ0n) is 10.9. The van der Waals surface area contributed by atoms with Crippen LogP contribution >= 0.6 is 7.60 Å². The molecule has 12 nitrogen and oxygen atoms in total. The molecule has 1 aromatic heterocycles. The standard InChI is InChI=1S/C9H15N4O8P/c10-6(16)2-1-12-8(13-2)9(22(18,19)20)5(15)3(14)4(21-9)7(11)17/h1,3-5,7,14-15,17H,11H2,(H2,10,16)(H,12,13)(H2,18,19,20)/t3-,4+,5-,7?,9?/m1/s1. The van der Waals surface area contributed by atoms with Crippen LogP contribution in [0.3, 0.4) is 0 Å². The van der Waals surface area contributed by atoms with Crippen molar-refractivity contribution >= 4 is 13.5 Å². The summed E-state index contributed by atoms with van der Waals surface area (Å²) in [7, 11) is -5.30. The molecule has 1 saturated heterocycles. The van der Waals surface area contributed by atoms with Crippen LogP contribution < -0.4 is 11.5 Å². The first-order valence-electron chi connectivity index (χ1n) is 5.91. The van der Waals surface area contributed by atoms with Gasteiger partial charge in [0, 0.05) is 0 Å². The van der Waals surface area contributed by atoms with Crippen molar-refractivity contribution in [1.82, 2.24) is 9.97 Å². The average molecular weight is 338 g/mol. The van der Waals surface area contributed by atoms with Gasteiger partial charge in [-0.2, -0.15) is 0 Å². The summed E-state index contributed by atoms with van der Waals surface area (Å²) in [6.07, 6.45) is -6.73. The third-order valence-corrected chi connectivity index (χ3v) is 4.77. The predicted octanol–water partition coefficient (Wildman–Crippen LogP) is -3.76. The molecule has 1 amide bonds. The summed E-state index contributed by atoms with van der Waals surface area (Å²) in [5.41, 5.74) is 9.85. The number of aliphatic hydroxyl groups excluding tert-OH is 3. The molecule has 2 rings (SSSR count). The first-order chi connectivity index (χ1) is 10.0. The molecule has 13 heteroatoms. The predicted molar refractivity (Wildman–Crippen MR) is 67.9 cm³/mol. The number of carbonyl (C=O) groups excluding carboxylic acids is 1. The number of hydrogen-bond acceptors (Lipinski definition) is 8. The van der Waals surface area contributed by atoms with Crippen molar-refractivity contribution in [3.63, 3.8) is 0 Å². The van der Waals surface area contributed by atoms with Crippen LogP contribution in [0.15, 0.2) is 6.20 Å². The molecule has 0 saturated carbocycles. The summed E-state index contributed by atoms with van der Waals surface area (Å²) in [5.74, 6) is -1.60. The van der Waals surface area contributed by atoms with E-state index in [2.05, 4.69) is 9.97 Å². The molecule has 1 fully saturated rings. The first-order valence-corrected chi connectivity index (χ1v) is 7.52. The number of imidazole rings is 1. The molecule has 0 spiro atoms. The van der Waals surface area contributed by atoms with Crippen molar-refractivity contribution < 1.29 is 39.2 Å². The Labute approximate surface area is 122 Å². The van der Waals surface area contributed by atoms with E-state index in [4.69, 9.17) is 16.2 Å². The van der Waals surface area contributed by atoms with Crippen molar-refractivity contribution in [1.29, 1.82) is 0 Å². The number of nitrogens with one attached hydrogen (secondary N) is 1. The van der Waals surface area contributed by atoms with Crippen LogP contribution in [0.2, 0.25) is 0 Å². The van der Waals surface area contributed by atoms with Crippen LogP contribution in [0.4, 0.5) is 0 Å². The number of rotatable bonds is 4. The Morgan fingerprint density at radius 1 is 1.50 bits per heavy atom. The highest BCUT2D eigenvalue weighted by molar-refractivity contribution is 7.53. The fraction of sp³-hybridized carbons (Fsp3) is 0.556. The van der Waals surface area contributed by atoms with E-state index in [1.807, 2.05) is 0 Å². The molecular formula is C9H15N4O8P. The Morgan fingerprint density at radius 3 is 2.45 bits per heavy atom. The van der Waals surface area contributed by atoms with Crippen LogP contribution in [0.25, 0.3) is 0 Å². The quantitative estimate of drug-likeness (QED) is 0.197. The molecule has 0 radical (unpaired) electrons. The lowest BCUT2D eigenvalue weighted by Gasteiger charge is -2.30. The van der Waals surface area contributed by atoms with Crippen LogP contribution in [-0.2, 0) is 14.6 Å². The Balaban J connectivity index is 2.59. The molecule has 1 aliphatic heterocycles. The zero-order valence-corrected chi connectivity index (χ0v) is 11.8. The second-order valence-corrected chi connectivity index (χ2v) is 6.51. The molecular weight excluding hydrogens is 323 g/mol. The number of H-pyrrole nitrogens is 1. The number of aromatic amines is 1. The molecule has 0 aliphatic carbocycles. The lowest BCUT2D eigenvalue weighted by atomic mass is 10.1. The molecule has 10 N–H and O–H groups in total. The minimum Gasteiger partial charge on any atom is -0.387 e. The van der Waals surface area contributed by atoms with E-state index < -0.39 is 49.2 Å². The smallest absolute Gasteiger partial charge is 0.367 e. The highest BCUT2D eigenvalue weighted by atomic mass is 31.2. The number of nitrogens with two attached hydrogens (primary N) is 2. The molecule has 2 heterocycles. The van der Waals surface area contributed by atoms with Crippen LogP contribution in [-0.4, -0.2) is 65.5 Å². The fourth-order valence-corrected chi connectivity index (χ4v) is 3.38. The Bertz CT molecular complexity index is 629. The first kappa shape index (κ1) is 17.0. The minimum absolute atomic E-state index is 0.301. The highest BCUT2D eigenvalue weighted by Gasteiger charge is 2.67. The molecule has 0 bridgehead atoms. The van der Waals surface area contributed by atoms with Crippen molar-refractivity contribution in [2.75, 3.05) is 0 Å². The number of primary amides is 1. The van der Waals surface area contributed by atoms with Crippen molar-refractivity contribution in [2.45, 2.75) is 29.9 Å². The van der Waals surface area contributed by atoms with Gasteiger partial charge >= 0.3 is 7.60 Å². The normalized spacial score (nSPS) is 33.8. The summed E-state index contributed by atoms with van der Waals surface area (Å²) < 4.78 is 16.9. The van der Waals surface area contributed by atoms with E-state index in [9.17, 15) is 34.5 Å². The topological polar surface area (TPSA) is 225 Å². The second-order valence-electron chi connectivity index (χ2n) is 4.76. The van der Waals surface area contributed by atoms with Gasteiger partial charge in [-0.3, -0.25) is 9.36 Å². The maximum atomic E-state index is 11.9. The maximum Gasteiger partial charge on any atom is 0.367 e. The number of aliphatic hydroxyl groups is 3. The molecule has 0 aromatic carbocycles. The van der Waals surface area contributed by atoms with Crippen LogP contribution in [0.5, 0.6) is 0 Å². The molecule has 1 aromatic rings. The van der Waals surface area contributed by atoms with Gasteiger partial charge in [-0.25, -0.2) is 4.98 Å². The van der Waals surface area contributed by atoms with Crippen LogP contribution in [0, 0.1) is 0 Å². The van der Waals surface area contributed by atoms with Crippen molar-refractivity contribution in [3.05, 3.63) is 17.7 Å². The lowest BCUT2D eigenvalue weighted by molar-refractivity contribution is -0.0884. The van der Waals surface area contributed by atoms with Gasteiger partial charge in [-0.05, 0) is 0 Å². The van der Waals surface area contributed by atoms with Crippen molar-refractivity contribution in [3.8, 4) is 0 Å². The van der Waals surface area contributed by atoms with Gasteiger partial charge < -0.3 is 46.3 Å². The van der Waals surface area contributed by atoms with Gasteiger partial charge in [0.15, 0.2) is 5.82 Å². The summed E-state index contributed by atoms with van der Waals surface area (Å²) in [4.78, 5) is 36.0. The van der Waals surface area contributed by atoms with Gasteiger partial charge in [0.2, 0.25) is 0 Å². The van der Waals surface area contributed by atoms with Crippen LogP contribution in [0.1, 0.15) is 16.3 Å². The van der Waals surface area contributed by atoms with E-state index in [1.165, 1.54) is 0 Å². The summed E-state index contributed by atoms with van der Waals surface area (Å²) in [6, 6.07) is 0. The number of ether oxygens (including phenoxy) is 1. The minimum atomic E-state index is -5.30. The van der Waals surface area contributed by atoms with E-state index >= 15 is 0 Å². The van der Waals surface area contributed by atoms with Crippen molar-refractivity contribution in [2.24, 2.45) is 11.5 Å². The lowest BCUT2D eigenvalue weighted by Crippen LogP contribution is -2.44. The monoisotopic (exact) mass is 338 g/mol. The Kier molecular flexibility index (Phi) is 4.14. The number of aromatic nitrogens is 2. The second kappa shape index (κ2) is 5.37. The third-order valence-electron chi connectivity index (χ3n) is 3.33. The summed E-state index contributed by atoms with van der Waals surface area (Å²) in [5, 5.41) is 26.3. The molecule has 1 aliphatic rings. The molecule has 2 unspecified atom stereocenters. The SMILES string of the molecule is NC(=O)c1cnc(C2(P(=O)(O)O)O[C@H](C(N)O)[C@@H](O)[C@H]2O)[nH]1. The Morgan fingerprint density at radius 2 is 2.09 bits per heavy atom. The molecule has 22 heavy (non-hydrogen) atoms. The molecule has 5 atom stereocenters. The van der Waals surface area contributed by atoms with Gasteiger partial charge in [0.25, 0.3) is 11.2 Å². The van der Waals surface area contributed by atoms with E-state index in [-0.39, 0.29) is 5.69 Å². The van der Waals surface area contributed by atoms with Gasteiger partial charge in [0.1, 0.15) is 30.2 Å². The largest absolute Gasteiger partial charge is 0.387 e. The van der Waals surface area contributed by atoms with Gasteiger partial charge in [-0.15, -0.1) is 0 Å². The number of amides is 1. The average Bonchev–Trinajstić information content (AvgIpc) is 2.95. The van der Waals surface area contributed by atoms with E-state index in [0.717, 1.165) is 6.20 Å². The number of carbonyl (C=O) groups is 1. The summed E-state index contributed by atoms with van der Waals surface area (Å²) in [6.45, 7) is 0. The van der Waals surface area contributed by atoms with E-state index in [0.29, 0.717) is 0 Å². The number of hydrogen-bond donors (Lipinski definition) is 8. The molecule has 124 valence electrons. The van der Waals surface area contributed by atoms with Gasteiger partial charge in [0.05, 0.1) is 6.20 Å². The Hall–Kier alpha value is -1.37. The fourth-order valence-electron chi connectivity index (χ4n) is 2.23.